The molecule has 0 aliphatic carbocycles. The van der Waals surface area contributed by atoms with Crippen molar-refractivity contribution in [2.24, 2.45) is 0 Å². The van der Waals surface area contributed by atoms with Gasteiger partial charge in [-0.25, -0.2) is 4.79 Å². The van der Waals surface area contributed by atoms with Crippen molar-refractivity contribution in [3.63, 3.8) is 0 Å². The number of amides is 3. The second-order valence-electron chi connectivity index (χ2n) is 7.45. The van der Waals surface area contributed by atoms with Gasteiger partial charge in [0.2, 0.25) is 0 Å². The summed E-state index contributed by atoms with van der Waals surface area (Å²) in [5.74, 6) is 0.227. The first-order valence-corrected chi connectivity index (χ1v) is 9.42. The number of likely N-dealkylation sites (tertiary alicyclic amines) is 2. The van der Waals surface area contributed by atoms with Crippen molar-refractivity contribution < 1.29 is 14.0 Å². The van der Waals surface area contributed by atoms with Crippen molar-refractivity contribution in [2.75, 3.05) is 26.2 Å². The summed E-state index contributed by atoms with van der Waals surface area (Å²) in [5.41, 5.74) is 2.12. The molecule has 144 valence electrons. The van der Waals surface area contributed by atoms with E-state index in [4.69, 9.17) is 4.42 Å². The van der Waals surface area contributed by atoms with E-state index in [0.717, 1.165) is 24.2 Å². The van der Waals surface area contributed by atoms with Crippen molar-refractivity contribution in [2.45, 2.75) is 38.8 Å². The summed E-state index contributed by atoms with van der Waals surface area (Å²) < 4.78 is 7.20. The highest BCUT2D eigenvalue weighted by Gasteiger charge is 2.35. The van der Waals surface area contributed by atoms with E-state index in [2.05, 4.69) is 16.5 Å². The fraction of sp³-hybridized carbons (Fsp3) is 0.526. The Kier molecular flexibility index (Phi) is 4.63. The van der Waals surface area contributed by atoms with Gasteiger partial charge < -0.3 is 19.5 Å². The topological polar surface area (TPSA) is 83.6 Å². The van der Waals surface area contributed by atoms with E-state index in [1.165, 1.54) is 6.26 Å². The Morgan fingerprint density at radius 1 is 1.22 bits per heavy atom. The number of rotatable bonds is 3. The van der Waals surface area contributed by atoms with Gasteiger partial charge in [-0.15, -0.1) is 0 Å². The number of urea groups is 1. The Balaban J connectivity index is 1.29. The van der Waals surface area contributed by atoms with Gasteiger partial charge in [-0.05, 0) is 44.9 Å². The van der Waals surface area contributed by atoms with Gasteiger partial charge in [-0.1, -0.05) is 0 Å². The lowest BCUT2D eigenvalue weighted by Gasteiger charge is -2.41. The van der Waals surface area contributed by atoms with E-state index < -0.39 is 0 Å². The molecule has 2 fully saturated rings. The Bertz CT molecular complexity index is 823. The minimum Gasteiger partial charge on any atom is -0.459 e. The van der Waals surface area contributed by atoms with E-state index in [1.807, 2.05) is 18.5 Å². The minimum atomic E-state index is -0.118. The molecule has 8 heteroatoms. The average molecular weight is 371 g/mol. The highest BCUT2D eigenvalue weighted by atomic mass is 16.3. The summed E-state index contributed by atoms with van der Waals surface area (Å²) >= 11 is 0. The molecule has 27 heavy (non-hydrogen) atoms. The number of hydrogen-bond acceptors (Lipinski definition) is 4. The molecule has 2 aliphatic rings. The van der Waals surface area contributed by atoms with E-state index >= 15 is 0 Å². The molecule has 0 bridgehead atoms. The normalized spacial score (nSPS) is 20.4. The number of nitrogens with one attached hydrogen (secondary N) is 1. The van der Waals surface area contributed by atoms with E-state index in [1.54, 1.807) is 21.9 Å². The highest BCUT2D eigenvalue weighted by molar-refractivity contribution is 5.91. The van der Waals surface area contributed by atoms with Gasteiger partial charge >= 0.3 is 6.03 Å². The third kappa shape index (κ3) is 3.56. The average Bonchev–Trinajstić information content (AvgIpc) is 3.23. The van der Waals surface area contributed by atoms with Crippen molar-refractivity contribution >= 4 is 11.9 Å². The van der Waals surface area contributed by atoms with Crippen molar-refractivity contribution in [1.82, 2.24) is 24.9 Å². The Hall–Kier alpha value is -2.77. The molecule has 4 heterocycles. The van der Waals surface area contributed by atoms with Crippen LogP contribution < -0.4 is 5.32 Å². The SMILES string of the molecule is Cc1cc(C)n(C2CN(C(=O)N[C@H]3CCCN(C(=O)c4ccco4)C3)C2)n1. The number of hydrogen-bond donors (Lipinski definition) is 1. The smallest absolute Gasteiger partial charge is 0.317 e. The summed E-state index contributed by atoms with van der Waals surface area (Å²) in [6.45, 7) is 6.54. The van der Waals surface area contributed by atoms with Gasteiger partial charge in [0, 0.05) is 37.9 Å². The maximum Gasteiger partial charge on any atom is 0.317 e. The molecule has 2 aliphatic heterocycles. The first-order valence-electron chi connectivity index (χ1n) is 9.42. The van der Waals surface area contributed by atoms with Crippen LogP contribution >= 0.6 is 0 Å². The minimum absolute atomic E-state index is 0.0297. The van der Waals surface area contributed by atoms with Crippen LogP contribution in [0.4, 0.5) is 4.79 Å². The van der Waals surface area contributed by atoms with Crippen molar-refractivity contribution in [1.29, 1.82) is 0 Å². The summed E-state index contributed by atoms with van der Waals surface area (Å²) in [7, 11) is 0. The fourth-order valence-corrected chi connectivity index (χ4v) is 3.89. The van der Waals surface area contributed by atoms with Crippen LogP contribution in [0.15, 0.2) is 28.9 Å². The zero-order valence-electron chi connectivity index (χ0n) is 15.7. The first-order chi connectivity index (χ1) is 13.0. The lowest BCUT2D eigenvalue weighted by molar-refractivity contribution is 0.0653. The Morgan fingerprint density at radius 3 is 2.70 bits per heavy atom. The molecule has 4 rings (SSSR count). The molecule has 1 atom stereocenters. The molecular weight excluding hydrogens is 346 g/mol. The number of piperidine rings is 1. The predicted octanol–water partition coefficient (Wildman–Crippen LogP) is 1.96. The molecule has 0 radical (unpaired) electrons. The van der Waals surface area contributed by atoms with Crippen molar-refractivity contribution in [3.8, 4) is 0 Å². The van der Waals surface area contributed by atoms with Gasteiger partial charge in [0.25, 0.3) is 5.91 Å². The second kappa shape index (κ2) is 7.09. The van der Waals surface area contributed by atoms with Crippen LogP contribution in [0, 0.1) is 13.8 Å². The van der Waals surface area contributed by atoms with Crippen LogP contribution in [0.5, 0.6) is 0 Å². The van der Waals surface area contributed by atoms with Crippen LogP contribution in [0.25, 0.3) is 0 Å². The second-order valence-corrected chi connectivity index (χ2v) is 7.45. The predicted molar refractivity (Wildman–Crippen MR) is 98.5 cm³/mol. The van der Waals surface area contributed by atoms with E-state index in [-0.39, 0.29) is 24.0 Å². The molecule has 0 aromatic carbocycles. The number of carbonyl (C=O) groups excluding carboxylic acids is 2. The molecule has 2 saturated heterocycles. The lowest BCUT2D eigenvalue weighted by atomic mass is 10.1. The molecule has 0 unspecified atom stereocenters. The van der Waals surface area contributed by atoms with Crippen LogP contribution in [0.2, 0.25) is 0 Å². The number of aromatic nitrogens is 2. The lowest BCUT2D eigenvalue weighted by Crippen LogP contribution is -2.58. The summed E-state index contributed by atoms with van der Waals surface area (Å²) in [5, 5.41) is 7.58. The third-order valence-electron chi connectivity index (χ3n) is 5.31. The molecule has 3 amide bonds. The van der Waals surface area contributed by atoms with Gasteiger partial charge in [0.15, 0.2) is 5.76 Å². The van der Waals surface area contributed by atoms with E-state index in [0.29, 0.717) is 31.9 Å². The molecule has 2 aromatic heterocycles. The van der Waals surface area contributed by atoms with Crippen LogP contribution in [0.1, 0.15) is 40.8 Å². The number of nitrogens with zero attached hydrogens (tertiary/aromatic N) is 4. The highest BCUT2D eigenvalue weighted by Crippen LogP contribution is 2.23. The van der Waals surface area contributed by atoms with Gasteiger partial charge in [0.1, 0.15) is 0 Å². The largest absolute Gasteiger partial charge is 0.459 e. The maximum atomic E-state index is 12.5. The third-order valence-corrected chi connectivity index (χ3v) is 5.31. The summed E-state index contributed by atoms with van der Waals surface area (Å²) in [4.78, 5) is 28.5. The first kappa shape index (κ1) is 17.6. The standard InChI is InChI=1S/C19H25N5O3/c1-13-9-14(2)24(21-13)16-11-23(12-16)19(26)20-15-5-3-7-22(10-15)18(25)17-6-4-8-27-17/h4,6,8-9,15-16H,3,5,7,10-12H2,1-2H3,(H,20,26)/t15-/m0/s1. The van der Waals surface area contributed by atoms with Crippen LogP contribution in [-0.2, 0) is 0 Å². The van der Waals surface area contributed by atoms with Crippen LogP contribution in [0.3, 0.4) is 0 Å². The molecule has 2 aromatic rings. The summed E-state index contributed by atoms with van der Waals surface area (Å²) in [6, 6.07) is 5.58. The molecule has 1 N–H and O–H groups in total. The zero-order valence-corrected chi connectivity index (χ0v) is 15.7. The fourth-order valence-electron chi connectivity index (χ4n) is 3.89. The summed E-state index contributed by atoms with van der Waals surface area (Å²) in [6.07, 6.45) is 3.24. The number of aryl methyl sites for hydroxylation is 2. The zero-order chi connectivity index (χ0) is 19.0. The molecule has 8 nitrogen and oxygen atoms in total. The quantitative estimate of drug-likeness (QED) is 0.894. The van der Waals surface area contributed by atoms with Crippen LogP contribution in [-0.4, -0.2) is 63.7 Å². The number of carbonyl (C=O) groups is 2. The Morgan fingerprint density at radius 2 is 2.04 bits per heavy atom. The molecule has 0 saturated carbocycles. The van der Waals surface area contributed by atoms with Gasteiger partial charge in [0.05, 0.1) is 18.0 Å². The molecule has 0 spiro atoms. The van der Waals surface area contributed by atoms with E-state index in [9.17, 15) is 9.59 Å². The van der Waals surface area contributed by atoms with Gasteiger partial charge in [-0.2, -0.15) is 5.10 Å². The van der Waals surface area contributed by atoms with Crippen molar-refractivity contribution in [3.05, 3.63) is 41.6 Å². The number of furan rings is 1. The monoisotopic (exact) mass is 371 g/mol. The molecular formula is C19H25N5O3. The Labute approximate surface area is 158 Å². The van der Waals surface area contributed by atoms with Gasteiger partial charge in [-0.3, -0.25) is 9.48 Å². The maximum absolute atomic E-state index is 12.5.